The number of nitrogens with zero attached hydrogens (tertiary/aromatic N) is 1. The lowest BCUT2D eigenvalue weighted by atomic mass is 10.1. The van der Waals surface area contributed by atoms with Crippen molar-refractivity contribution in [3.8, 4) is 6.07 Å². The molecule has 2 aromatic carbocycles. The lowest BCUT2D eigenvalue weighted by Gasteiger charge is -2.11. The van der Waals surface area contributed by atoms with Gasteiger partial charge in [-0.25, -0.2) is 0 Å². The van der Waals surface area contributed by atoms with Crippen LogP contribution >= 0.6 is 23.2 Å². The average Bonchev–Trinajstić information content (AvgIpc) is 2.39. The second-order valence-corrected chi connectivity index (χ2v) is 5.07. The third-order valence-electron chi connectivity index (χ3n) is 2.87. The first-order valence-corrected chi connectivity index (χ1v) is 6.54. The fourth-order valence-corrected chi connectivity index (χ4v) is 2.25. The second-order valence-electron chi connectivity index (χ2n) is 4.23. The van der Waals surface area contributed by atoms with E-state index in [0.29, 0.717) is 17.1 Å². The van der Waals surface area contributed by atoms with Gasteiger partial charge in [0.25, 0.3) is 0 Å². The number of hydrogen-bond acceptors (Lipinski definition) is 2. The summed E-state index contributed by atoms with van der Waals surface area (Å²) in [5, 5.41) is 13.3. The maximum atomic E-state index is 8.78. The monoisotopic (exact) mass is 290 g/mol. The van der Waals surface area contributed by atoms with Crippen LogP contribution in [0.25, 0.3) is 0 Å². The Labute approximate surface area is 122 Å². The summed E-state index contributed by atoms with van der Waals surface area (Å²) in [6.07, 6.45) is 0. The van der Waals surface area contributed by atoms with E-state index < -0.39 is 0 Å². The van der Waals surface area contributed by atoms with E-state index in [1.807, 2.05) is 31.2 Å². The number of nitrogens with one attached hydrogen (secondary N) is 1. The van der Waals surface area contributed by atoms with Crippen LogP contribution in [0.15, 0.2) is 36.4 Å². The number of aryl methyl sites for hydroxylation is 1. The third kappa shape index (κ3) is 3.41. The fourth-order valence-electron chi connectivity index (χ4n) is 1.78. The van der Waals surface area contributed by atoms with Gasteiger partial charge in [0.05, 0.1) is 22.3 Å². The average molecular weight is 291 g/mol. The lowest BCUT2D eigenvalue weighted by molar-refractivity contribution is 1.12. The highest BCUT2D eigenvalue weighted by Gasteiger charge is 2.03. The predicted octanol–water partition coefficient (Wildman–Crippen LogP) is 4.79. The highest BCUT2D eigenvalue weighted by molar-refractivity contribution is 6.33. The summed E-state index contributed by atoms with van der Waals surface area (Å²) in [5.74, 6) is 0. The van der Waals surface area contributed by atoms with Gasteiger partial charge in [-0.3, -0.25) is 0 Å². The van der Waals surface area contributed by atoms with E-state index in [1.54, 1.807) is 12.1 Å². The standard InChI is InChI=1S/C15H12Cl2N2/c1-10-6-13(16)4-3-12(10)9-19-15-5-2-11(8-18)7-14(15)17/h2-7,19H,9H2,1H3. The molecule has 0 amide bonds. The summed E-state index contributed by atoms with van der Waals surface area (Å²) < 4.78 is 0. The van der Waals surface area contributed by atoms with Gasteiger partial charge in [-0.05, 0) is 48.4 Å². The molecule has 1 N–H and O–H groups in total. The minimum absolute atomic E-state index is 0.547. The van der Waals surface area contributed by atoms with Crippen molar-refractivity contribution in [3.05, 3.63) is 63.1 Å². The molecule has 0 saturated carbocycles. The summed E-state index contributed by atoms with van der Waals surface area (Å²) >= 11 is 12.0. The number of benzene rings is 2. The number of anilines is 1. The molecule has 0 radical (unpaired) electrons. The zero-order chi connectivity index (χ0) is 13.8. The van der Waals surface area contributed by atoms with Crippen molar-refractivity contribution >= 4 is 28.9 Å². The maximum Gasteiger partial charge on any atom is 0.0992 e. The minimum atomic E-state index is 0.547. The lowest BCUT2D eigenvalue weighted by Crippen LogP contribution is -2.01. The summed E-state index contributed by atoms with van der Waals surface area (Å²) in [5.41, 5.74) is 3.66. The molecule has 0 spiro atoms. The van der Waals surface area contributed by atoms with E-state index in [-0.39, 0.29) is 0 Å². The number of halogens is 2. The van der Waals surface area contributed by atoms with Crippen molar-refractivity contribution < 1.29 is 0 Å². The molecule has 0 aliphatic carbocycles. The smallest absolute Gasteiger partial charge is 0.0992 e. The molecule has 0 saturated heterocycles. The summed E-state index contributed by atoms with van der Waals surface area (Å²) in [7, 11) is 0. The van der Waals surface area contributed by atoms with E-state index in [4.69, 9.17) is 28.5 Å². The van der Waals surface area contributed by atoms with Gasteiger partial charge >= 0.3 is 0 Å². The number of nitriles is 1. The molecule has 0 heterocycles. The Bertz CT molecular complexity index is 645. The van der Waals surface area contributed by atoms with Crippen molar-refractivity contribution in [3.63, 3.8) is 0 Å². The Kier molecular flexibility index (Phi) is 4.31. The normalized spacial score (nSPS) is 10.0. The Morgan fingerprint density at radius 3 is 2.58 bits per heavy atom. The first kappa shape index (κ1) is 13.7. The molecule has 96 valence electrons. The molecule has 0 aromatic heterocycles. The highest BCUT2D eigenvalue weighted by Crippen LogP contribution is 2.24. The molecular formula is C15H12Cl2N2. The van der Waals surface area contributed by atoms with Gasteiger partial charge in [-0.2, -0.15) is 5.26 Å². The Balaban J connectivity index is 2.13. The minimum Gasteiger partial charge on any atom is -0.380 e. The van der Waals surface area contributed by atoms with Crippen LogP contribution in [0.3, 0.4) is 0 Å². The Morgan fingerprint density at radius 1 is 1.16 bits per heavy atom. The molecule has 0 bridgehead atoms. The molecule has 0 unspecified atom stereocenters. The van der Waals surface area contributed by atoms with Gasteiger partial charge in [0.15, 0.2) is 0 Å². The molecule has 2 rings (SSSR count). The molecule has 0 aliphatic rings. The fraction of sp³-hybridized carbons (Fsp3) is 0.133. The van der Waals surface area contributed by atoms with Crippen molar-refractivity contribution in [1.29, 1.82) is 5.26 Å². The third-order valence-corrected chi connectivity index (χ3v) is 3.42. The van der Waals surface area contributed by atoms with E-state index in [1.165, 1.54) is 0 Å². The molecule has 4 heteroatoms. The van der Waals surface area contributed by atoms with Crippen LogP contribution in [0.4, 0.5) is 5.69 Å². The second kappa shape index (κ2) is 5.97. The van der Waals surface area contributed by atoms with Crippen LogP contribution in [0, 0.1) is 18.3 Å². The summed E-state index contributed by atoms with van der Waals surface area (Å²) in [4.78, 5) is 0. The van der Waals surface area contributed by atoms with E-state index in [9.17, 15) is 0 Å². The van der Waals surface area contributed by atoms with Gasteiger partial charge in [0.1, 0.15) is 0 Å². The van der Waals surface area contributed by atoms with Crippen molar-refractivity contribution in [1.82, 2.24) is 0 Å². The summed E-state index contributed by atoms with van der Waals surface area (Å²) in [6, 6.07) is 13.0. The van der Waals surface area contributed by atoms with Gasteiger partial charge in [-0.15, -0.1) is 0 Å². The van der Waals surface area contributed by atoms with Crippen molar-refractivity contribution in [2.75, 3.05) is 5.32 Å². The van der Waals surface area contributed by atoms with Crippen LogP contribution in [-0.2, 0) is 6.54 Å². The van der Waals surface area contributed by atoms with Crippen LogP contribution in [0.2, 0.25) is 10.0 Å². The zero-order valence-corrected chi connectivity index (χ0v) is 11.9. The largest absolute Gasteiger partial charge is 0.380 e. The number of rotatable bonds is 3. The van der Waals surface area contributed by atoms with E-state index in [0.717, 1.165) is 21.8 Å². The van der Waals surface area contributed by atoms with E-state index in [2.05, 4.69) is 11.4 Å². The van der Waals surface area contributed by atoms with Crippen molar-refractivity contribution in [2.45, 2.75) is 13.5 Å². The number of hydrogen-bond donors (Lipinski definition) is 1. The van der Waals surface area contributed by atoms with Crippen molar-refractivity contribution in [2.24, 2.45) is 0 Å². The summed E-state index contributed by atoms with van der Waals surface area (Å²) in [6.45, 7) is 2.68. The molecule has 19 heavy (non-hydrogen) atoms. The Morgan fingerprint density at radius 2 is 1.95 bits per heavy atom. The Hall–Kier alpha value is -1.69. The van der Waals surface area contributed by atoms with E-state index >= 15 is 0 Å². The van der Waals surface area contributed by atoms with Gasteiger partial charge in [-0.1, -0.05) is 29.3 Å². The maximum absolute atomic E-state index is 8.78. The highest BCUT2D eigenvalue weighted by atomic mass is 35.5. The van der Waals surface area contributed by atoms with Crippen LogP contribution in [0.5, 0.6) is 0 Å². The molecule has 0 atom stereocenters. The first-order valence-electron chi connectivity index (χ1n) is 5.78. The van der Waals surface area contributed by atoms with Crippen LogP contribution in [-0.4, -0.2) is 0 Å². The first-order chi connectivity index (χ1) is 9.10. The zero-order valence-electron chi connectivity index (χ0n) is 10.4. The van der Waals surface area contributed by atoms with Crippen LogP contribution < -0.4 is 5.32 Å². The topological polar surface area (TPSA) is 35.8 Å². The molecule has 2 nitrogen and oxygen atoms in total. The van der Waals surface area contributed by atoms with Crippen LogP contribution in [0.1, 0.15) is 16.7 Å². The van der Waals surface area contributed by atoms with Gasteiger partial charge < -0.3 is 5.32 Å². The molecule has 0 fully saturated rings. The molecular weight excluding hydrogens is 279 g/mol. The predicted molar refractivity (Wildman–Crippen MR) is 79.7 cm³/mol. The quantitative estimate of drug-likeness (QED) is 0.882. The molecule has 2 aromatic rings. The SMILES string of the molecule is Cc1cc(Cl)ccc1CNc1ccc(C#N)cc1Cl. The van der Waals surface area contributed by atoms with Gasteiger partial charge in [0.2, 0.25) is 0 Å². The van der Waals surface area contributed by atoms with Gasteiger partial charge in [0, 0.05) is 11.6 Å². The molecule has 0 aliphatic heterocycles.